The Bertz CT molecular complexity index is 469. The Morgan fingerprint density at radius 2 is 2.12 bits per heavy atom. The van der Waals surface area contributed by atoms with Crippen LogP contribution in [0.2, 0.25) is 0 Å². The summed E-state index contributed by atoms with van der Waals surface area (Å²) in [5.74, 6) is 0. The predicted molar refractivity (Wildman–Crippen MR) is 73.8 cm³/mol. The third kappa shape index (κ3) is 2.58. The molecule has 0 bridgehead atoms. The second kappa shape index (κ2) is 5.68. The molecule has 0 spiro atoms. The fraction of sp³-hybridized carbons (Fsp3) is 0.273. The SMILES string of the molecule is Cl.NCC[C@H](N)c1c[nH]c2ccc(Br)cc12. The van der Waals surface area contributed by atoms with Crippen molar-refractivity contribution in [3.05, 3.63) is 34.4 Å². The summed E-state index contributed by atoms with van der Waals surface area (Å²) in [6, 6.07) is 6.14. The van der Waals surface area contributed by atoms with Gasteiger partial charge in [-0.3, -0.25) is 0 Å². The fourth-order valence-electron chi connectivity index (χ4n) is 1.76. The van der Waals surface area contributed by atoms with Gasteiger partial charge in [-0.05, 0) is 36.7 Å². The number of nitrogens with one attached hydrogen (secondary N) is 1. The fourth-order valence-corrected chi connectivity index (χ4v) is 2.12. The number of halogens is 2. The number of fused-ring (bicyclic) bond motifs is 1. The Labute approximate surface area is 109 Å². The number of H-pyrrole nitrogens is 1. The average Bonchev–Trinajstić information content (AvgIpc) is 2.60. The number of nitrogens with two attached hydrogens (primary N) is 2. The van der Waals surface area contributed by atoms with Crippen LogP contribution in [-0.4, -0.2) is 11.5 Å². The topological polar surface area (TPSA) is 67.8 Å². The summed E-state index contributed by atoms with van der Waals surface area (Å²) >= 11 is 3.46. The van der Waals surface area contributed by atoms with Crippen molar-refractivity contribution in [3.8, 4) is 0 Å². The van der Waals surface area contributed by atoms with E-state index in [0.29, 0.717) is 6.54 Å². The van der Waals surface area contributed by atoms with Gasteiger partial charge in [0.15, 0.2) is 0 Å². The first-order chi connectivity index (χ1) is 7.22. The molecule has 5 heteroatoms. The van der Waals surface area contributed by atoms with E-state index in [-0.39, 0.29) is 18.4 Å². The van der Waals surface area contributed by atoms with E-state index in [4.69, 9.17) is 11.5 Å². The largest absolute Gasteiger partial charge is 0.361 e. The number of hydrogen-bond acceptors (Lipinski definition) is 2. The molecule has 0 saturated heterocycles. The van der Waals surface area contributed by atoms with Gasteiger partial charge >= 0.3 is 0 Å². The Hall–Kier alpha value is -0.550. The minimum absolute atomic E-state index is 0. The van der Waals surface area contributed by atoms with Gasteiger partial charge in [-0.1, -0.05) is 15.9 Å². The second-order valence-corrected chi connectivity index (χ2v) is 4.53. The Kier molecular flexibility index (Phi) is 4.80. The van der Waals surface area contributed by atoms with Gasteiger partial charge in [0.05, 0.1) is 0 Å². The summed E-state index contributed by atoms with van der Waals surface area (Å²) in [5.41, 5.74) is 13.8. The molecular weight excluding hydrogens is 289 g/mol. The maximum Gasteiger partial charge on any atom is 0.0458 e. The zero-order valence-electron chi connectivity index (χ0n) is 8.74. The molecule has 1 heterocycles. The summed E-state index contributed by atoms with van der Waals surface area (Å²) in [6.07, 6.45) is 2.77. The van der Waals surface area contributed by atoms with Gasteiger partial charge in [-0.25, -0.2) is 0 Å². The van der Waals surface area contributed by atoms with E-state index >= 15 is 0 Å². The van der Waals surface area contributed by atoms with Crippen LogP contribution in [0.5, 0.6) is 0 Å². The van der Waals surface area contributed by atoms with Crippen molar-refractivity contribution >= 4 is 39.2 Å². The van der Waals surface area contributed by atoms with Crippen LogP contribution in [-0.2, 0) is 0 Å². The van der Waals surface area contributed by atoms with E-state index in [1.807, 2.05) is 18.3 Å². The van der Waals surface area contributed by atoms with Crippen LogP contribution in [0.3, 0.4) is 0 Å². The van der Waals surface area contributed by atoms with Crippen molar-refractivity contribution in [2.75, 3.05) is 6.54 Å². The summed E-state index contributed by atoms with van der Waals surface area (Å²) in [7, 11) is 0. The van der Waals surface area contributed by atoms with Crippen LogP contribution < -0.4 is 11.5 Å². The smallest absolute Gasteiger partial charge is 0.0458 e. The molecule has 0 amide bonds. The molecule has 0 aliphatic rings. The second-order valence-electron chi connectivity index (χ2n) is 3.62. The molecule has 0 saturated carbocycles. The maximum atomic E-state index is 6.05. The lowest BCUT2D eigenvalue weighted by molar-refractivity contribution is 0.666. The van der Waals surface area contributed by atoms with Gasteiger partial charge in [-0.2, -0.15) is 0 Å². The van der Waals surface area contributed by atoms with E-state index < -0.39 is 0 Å². The van der Waals surface area contributed by atoms with Crippen molar-refractivity contribution < 1.29 is 0 Å². The average molecular weight is 305 g/mol. The third-order valence-electron chi connectivity index (χ3n) is 2.55. The van der Waals surface area contributed by atoms with Crippen LogP contribution in [0.1, 0.15) is 18.0 Å². The van der Waals surface area contributed by atoms with Crippen molar-refractivity contribution in [1.29, 1.82) is 0 Å². The molecule has 3 nitrogen and oxygen atoms in total. The highest BCUT2D eigenvalue weighted by atomic mass is 79.9. The molecule has 1 atom stereocenters. The lowest BCUT2D eigenvalue weighted by atomic mass is 10.0. The molecule has 1 aromatic carbocycles. The summed E-state index contributed by atoms with van der Waals surface area (Å²) in [5, 5.41) is 1.17. The predicted octanol–water partition coefficient (Wildman–Crippen LogP) is 2.70. The van der Waals surface area contributed by atoms with Gasteiger partial charge in [0, 0.05) is 27.6 Å². The molecule has 2 aromatic rings. The van der Waals surface area contributed by atoms with E-state index in [2.05, 4.69) is 27.0 Å². The van der Waals surface area contributed by atoms with E-state index in [1.165, 1.54) is 5.39 Å². The quantitative estimate of drug-likeness (QED) is 0.816. The third-order valence-corrected chi connectivity index (χ3v) is 3.05. The van der Waals surface area contributed by atoms with E-state index in [0.717, 1.165) is 22.0 Å². The first kappa shape index (κ1) is 13.5. The molecule has 1 aromatic heterocycles. The highest BCUT2D eigenvalue weighted by Gasteiger charge is 2.10. The zero-order valence-corrected chi connectivity index (χ0v) is 11.1. The Morgan fingerprint density at radius 3 is 2.81 bits per heavy atom. The monoisotopic (exact) mass is 303 g/mol. The van der Waals surface area contributed by atoms with E-state index in [9.17, 15) is 0 Å². The molecule has 0 aliphatic heterocycles. The number of benzene rings is 1. The molecule has 88 valence electrons. The van der Waals surface area contributed by atoms with Crippen LogP contribution in [0.25, 0.3) is 10.9 Å². The first-order valence-electron chi connectivity index (χ1n) is 4.94. The van der Waals surface area contributed by atoms with Gasteiger partial charge in [-0.15, -0.1) is 12.4 Å². The lowest BCUT2D eigenvalue weighted by Crippen LogP contribution is -2.14. The summed E-state index contributed by atoms with van der Waals surface area (Å²) in [4.78, 5) is 3.21. The molecule has 0 unspecified atom stereocenters. The maximum absolute atomic E-state index is 6.05. The molecule has 0 aliphatic carbocycles. The van der Waals surface area contributed by atoms with Crippen molar-refractivity contribution in [3.63, 3.8) is 0 Å². The van der Waals surface area contributed by atoms with Crippen molar-refractivity contribution in [1.82, 2.24) is 4.98 Å². The highest BCUT2D eigenvalue weighted by Crippen LogP contribution is 2.27. The minimum Gasteiger partial charge on any atom is -0.361 e. The molecule has 16 heavy (non-hydrogen) atoms. The number of aromatic amines is 1. The van der Waals surface area contributed by atoms with Crippen LogP contribution in [0, 0.1) is 0 Å². The van der Waals surface area contributed by atoms with Gasteiger partial charge in [0.1, 0.15) is 0 Å². The Morgan fingerprint density at radius 1 is 1.38 bits per heavy atom. The zero-order chi connectivity index (χ0) is 10.8. The molecule has 5 N–H and O–H groups in total. The van der Waals surface area contributed by atoms with E-state index in [1.54, 1.807) is 0 Å². The van der Waals surface area contributed by atoms with Crippen LogP contribution >= 0.6 is 28.3 Å². The number of rotatable bonds is 3. The number of aromatic nitrogens is 1. The Balaban J connectivity index is 0.00000128. The van der Waals surface area contributed by atoms with Gasteiger partial charge < -0.3 is 16.5 Å². The molecule has 0 radical (unpaired) electrons. The molecule has 2 rings (SSSR count). The van der Waals surface area contributed by atoms with Crippen molar-refractivity contribution in [2.45, 2.75) is 12.5 Å². The van der Waals surface area contributed by atoms with Gasteiger partial charge in [0.25, 0.3) is 0 Å². The summed E-state index contributed by atoms with van der Waals surface area (Å²) < 4.78 is 1.07. The standard InChI is InChI=1S/C11H14BrN3.ClH/c12-7-1-2-11-8(5-7)9(6-15-11)10(14)3-4-13;/h1-2,5-6,10,15H,3-4,13-14H2;1H/t10-;/m0./s1. The normalized spacial score (nSPS) is 12.4. The molecule has 0 fully saturated rings. The lowest BCUT2D eigenvalue weighted by Gasteiger charge is -2.08. The number of hydrogen-bond donors (Lipinski definition) is 3. The van der Waals surface area contributed by atoms with Crippen molar-refractivity contribution in [2.24, 2.45) is 11.5 Å². The highest BCUT2D eigenvalue weighted by molar-refractivity contribution is 9.10. The van der Waals surface area contributed by atoms with Crippen LogP contribution in [0.4, 0.5) is 0 Å². The minimum atomic E-state index is 0. The van der Waals surface area contributed by atoms with Gasteiger partial charge in [0.2, 0.25) is 0 Å². The molecular formula is C11H15BrClN3. The van der Waals surface area contributed by atoms with Crippen LogP contribution in [0.15, 0.2) is 28.9 Å². The summed E-state index contributed by atoms with van der Waals surface area (Å²) in [6.45, 7) is 0.613. The first-order valence-corrected chi connectivity index (χ1v) is 5.74.